The van der Waals surface area contributed by atoms with Crippen molar-refractivity contribution in [1.82, 2.24) is 14.7 Å². The van der Waals surface area contributed by atoms with E-state index in [0.29, 0.717) is 18.2 Å². The fourth-order valence-electron chi connectivity index (χ4n) is 4.32. The predicted octanol–water partition coefficient (Wildman–Crippen LogP) is 2.69. The molecule has 7 nitrogen and oxygen atoms in total. The monoisotopic (exact) mass is 472 g/mol. The first-order chi connectivity index (χ1) is 16.1. The normalized spacial score (nSPS) is 17.8. The molecule has 1 amide bonds. The number of halogens is 1. The van der Waals surface area contributed by atoms with E-state index in [9.17, 15) is 4.79 Å². The minimum atomic E-state index is 0.236. The highest BCUT2D eigenvalue weighted by molar-refractivity contribution is 6.32. The molecule has 0 aliphatic carbocycles. The van der Waals surface area contributed by atoms with Crippen molar-refractivity contribution in [3.63, 3.8) is 0 Å². The summed E-state index contributed by atoms with van der Waals surface area (Å²) in [6.07, 6.45) is 0. The molecule has 2 aliphatic heterocycles. The maximum absolute atomic E-state index is 12.8. The van der Waals surface area contributed by atoms with Crippen LogP contribution < -0.4 is 14.4 Å². The van der Waals surface area contributed by atoms with E-state index < -0.39 is 0 Å². The average Bonchev–Trinajstić information content (AvgIpc) is 2.86. The maximum atomic E-state index is 12.8. The minimum absolute atomic E-state index is 0.236. The number of amides is 1. The van der Waals surface area contributed by atoms with Crippen molar-refractivity contribution in [2.24, 2.45) is 0 Å². The van der Waals surface area contributed by atoms with Crippen LogP contribution in [0.3, 0.4) is 0 Å². The summed E-state index contributed by atoms with van der Waals surface area (Å²) in [7, 11) is 1.68. The van der Waals surface area contributed by atoms with Crippen molar-refractivity contribution in [3.05, 3.63) is 53.6 Å². The van der Waals surface area contributed by atoms with Crippen LogP contribution in [0.1, 0.15) is 0 Å². The summed E-state index contributed by atoms with van der Waals surface area (Å²) in [4.78, 5) is 21.8. The summed E-state index contributed by atoms with van der Waals surface area (Å²) < 4.78 is 11.0. The number of para-hydroxylation sites is 1. The summed E-state index contributed by atoms with van der Waals surface area (Å²) in [5.41, 5.74) is 1.18. The molecule has 0 atom stereocenters. The lowest BCUT2D eigenvalue weighted by Gasteiger charge is -2.38. The van der Waals surface area contributed by atoms with Crippen LogP contribution in [0.25, 0.3) is 0 Å². The second kappa shape index (κ2) is 11.6. The lowest BCUT2D eigenvalue weighted by molar-refractivity contribution is -0.133. The van der Waals surface area contributed by atoms with E-state index in [2.05, 4.69) is 26.8 Å². The summed E-state index contributed by atoms with van der Waals surface area (Å²) in [5, 5.41) is 0.644. The Morgan fingerprint density at radius 2 is 1.55 bits per heavy atom. The number of piperazine rings is 2. The second-order valence-corrected chi connectivity index (χ2v) is 8.87. The molecule has 0 aromatic heterocycles. The molecule has 2 aromatic carbocycles. The SMILES string of the molecule is COc1ccc(N2CCN(C(=O)CN3CCN(CCOc4ccccc4Cl)CC3)CC2)cc1. The van der Waals surface area contributed by atoms with E-state index >= 15 is 0 Å². The number of nitrogens with zero attached hydrogens (tertiary/aromatic N) is 4. The highest BCUT2D eigenvalue weighted by atomic mass is 35.5. The van der Waals surface area contributed by atoms with Crippen LogP contribution in [0, 0.1) is 0 Å². The topological polar surface area (TPSA) is 48.5 Å². The average molecular weight is 473 g/mol. The molecule has 0 radical (unpaired) electrons. The number of ether oxygens (including phenoxy) is 2. The van der Waals surface area contributed by atoms with Crippen molar-refractivity contribution in [3.8, 4) is 11.5 Å². The van der Waals surface area contributed by atoms with Crippen molar-refractivity contribution in [2.45, 2.75) is 0 Å². The second-order valence-electron chi connectivity index (χ2n) is 8.46. The maximum Gasteiger partial charge on any atom is 0.236 e. The highest BCUT2D eigenvalue weighted by Gasteiger charge is 2.25. The zero-order valence-electron chi connectivity index (χ0n) is 19.3. The predicted molar refractivity (Wildman–Crippen MR) is 132 cm³/mol. The molecule has 33 heavy (non-hydrogen) atoms. The van der Waals surface area contributed by atoms with Gasteiger partial charge in [0.05, 0.1) is 18.7 Å². The van der Waals surface area contributed by atoms with Gasteiger partial charge in [-0.25, -0.2) is 0 Å². The number of hydrogen-bond donors (Lipinski definition) is 0. The molecular weight excluding hydrogens is 440 g/mol. The molecule has 178 valence electrons. The molecule has 0 bridgehead atoms. The molecule has 2 saturated heterocycles. The van der Waals surface area contributed by atoms with Crippen molar-refractivity contribution >= 4 is 23.2 Å². The number of methoxy groups -OCH3 is 1. The zero-order valence-corrected chi connectivity index (χ0v) is 20.0. The van der Waals surface area contributed by atoms with E-state index in [1.54, 1.807) is 7.11 Å². The number of anilines is 1. The first kappa shape index (κ1) is 23.7. The van der Waals surface area contributed by atoms with Crippen LogP contribution in [0.5, 0.6) is 11.5 Å². The Morgan fingerprint density at radius 3 is 2.21 bits per heavy atom. The lowest BCUT2D eigenvalue weighted by atomic mass is 10.2. The Bertz CT molecular complexity index is 895. The van der Waals surface area contributed by atoms with Crippen molar-refractivity contribution in [1.29, 1.82) is 0 Å². The molecule has 0 N–H and O–H groups in total. The number of carbonyl (C=O) groups excluding carboxylic acids is 1. The van der Waals surface area contributed by atoms with Gasteiger partial charge in [0.25, 0.3) is 0 Å². The summed E-state index contributed by atoms with van der Waals surface area (Å²) >= 11 is 6.14. The van der Waals surface area contributed by atoms with Gasteiger partial charge in [-0.05, 0) is 36.4 Å². The summed E-state index contributed by atoms with van der Waals surface area (Å²) in [6.45, 7) is 8.94. The number of benzene rings is 2. The zero-order chi connectivity index (χ0) is 23.0. The van der Waals surface area contributed by atoms with Crippen LogP contribution in [0.15, 0.2) is 48.5 Å². The van der Waals surface area contributed by atoms with Gasteiger partial charge in [-0.3, -0.25) is 14.6 Å². The van der Waals surface area contributed by atoms with E-state index in [-0.39, 0.29) is 5.91 Å². The fraction of sp³-hybridized carbons (Fsp3) is 0.480. The number of hydrogen-bond acceptors (Lipinski definition) is 6. The molecule has 4 rings (SSSR count). The molecule has 0 saturated carbocycles. The van der Waals surface area contributed by atoms with Gasteiger partial charge in [0, 0.05) is 64.6 Å². The van der Waals surface area contributed by atoms with Crippen molar-refractivity contribution in [2.75, 3.05) is 84.1 Å². The smallest absolute Gasteiger partial charge is 0.236 e. The Balaban J connectivity index is 1.13. The third-order valence-corrected chi connectivity index (χ3v) is 6.71. The molecule has 2 heterocycles. The van der Waals surface area contributed by atoms with Crippen LogP contribution in [0.2, 0.25) is 5.02 Å². The quantitative estimate of drug-likeness (QED) is 0.588. The molecule has 2 aromatic rings. The molecule has 0 unspecified atom stereocenters. The van der Waals surface area contributed by atoms with Gasteiger partial charge in [0.1, 0.15) is 18.1 Å². The lowest BCUT2D eigenvalue weighted by Crippen LogP contribution is -2.54. The van der Waals surface area contributed by atoms with E-state index in [4.69, 9.17) is 21.1 Å². The first-order valence-corrected chi connectivity index (χ1v) is 12.0. The summed E-state index contributed by atoms with van der Waals surface area (Å²) in [5.74, 6) is 1.83. The van der Waals surface area contributed by atoms with Crippen LogP contribution in [-0.2, 0) is 4.79 Å². The summed E-state index contributed by atoms with van der Waals surface area (Å²) in [6, 6.07) is 15.7. The van der Waals surface area contributed by atoms with E-state index in [1.165, 1.54) is 5.69 Å². The Morgan fingerprint density at radius 1 is 0.879 bits per heavy atom. The molecule has 2 aliphatic rings. The largest absolute Gasteiger partial charge is 0.497 e. The van der Waals surface area contributed by atoms with Crippen LogP contribution in [-0.4, -0.2) is 99.8 Å². The van der Waals surface area contributed by atoms with Gasteiger partial charge < -0.3 is 19.3 Å². The van der Waals surface area contributed by atoms with Gasteiger partial charge in [0.15, 0.2) is 0 Å². The number of rotatable bonds is 8. The fourth-order valence-corrected chi connectivity index (χ4v) is 4.51. The van der Waals surface area contributed by atoms with Crippen LogP contribution >= 0.6 is 11.6 Å². The van der Waals surface area contributed by atoms with Gasteiger partial charge in [0.2, 0.25) is 5.91 Å². The Hall–Kier alpha value is -2.48. The molecular formula is C25H33ClN4O3. The Kier molecular flexibility index (Phi) is 8.31. The first-order valence-electron chi connectivity index (χ1n) is 11.6. The van der Waals surface area contributed by atoms with Gasteiger partial charge >= 0.3 is 0 Å². The molecule has 2 fully saturated rings. The highest BCUT2D eigenvalue weighted by Crippen LogP contribution is 2.23. The Labute approximate surface area is 201 Å². The van der Waals surface area contributed by atoms with Gasteiger partial charge in [-0.15, -0.1) is 0 Å². The van der Waals surface area contributed by atoms with Gasteiger partial charge in [-0.2, -0.15) is 0 Å². The van der Waals surface area contributed by atoms with E-state index in [1.807, 2.05) is 41.3 Å². The third-order valence-electron chi connectivity index (χ3n) is 6.40. The van der Waals surface area contributed by atoms with Gasteiger partial charge in [-0.1, -0.05) is 23.7 Å². The standard InChI is InChI=1S/C25H33ClN4O3/c1-32-22-8-6-21(7-9-22)29-14-16-30(17-15-29)25(31)20-28-12-10-27(11-13-28)18-19-33-24-5-3-2-4-23(24)26/h2-9H,10-20H2,1H3. The number of carbonyl (C=O) groups is 1. The van der Waals surface area contributed by atoms with Crippen LogP contribution in [0.4, 0.5) is 5.69 Å². The van der Waals surface area contributed by atoms with E-state index in [0.717, 1.165) is 70.4 Å². The third kappa shape index (κ3) is 6.53. The minimum Gasteiger partial charge on any atom is -0.497 e. The van der Waals surface area contributed by atoms with Crippen molar-refractivity contribution < 1.29 is 14.3 Å². The molecule has 0 spiro atoms. The molecule has 8 heteroatoms.